The Labute approximate surface area is 82.4 Å². The first kappa shape index (κ1) is 11.0. The molecule has 0 saturated heterocycles. The molecule has 1 saturated carbocycles. The zero-order valence-corrected chi connectivity index (χ0v) is 8.37. The third kappa shape index (κ3) is 2.04. The molecule has 5 nitrogen and oxygen atoms in total. The first-order valence-corrected chi connectivity index (χ1v) is 4.49. The number of nitrogens with one attached hydrogen (secondary N) is 1. The number of carboxylic acids is 1. The highest BCUT2D eigenvalue weighted by Gasteiger charge is 2.50. The van der Waals surface area contributed by atoms with Crippen LogP contribution in [0.2, 0.25) is 0 Å². The van der Waals surface area contributed by atoms with Gasteiger partial charge in [-0.15, -0.1) is 0 Å². The van der Waals surface area contributed by atoms with Crippen molar-refractivity contribution in [2.45, 2.75) is 25.8 Å². The average molecular weight is 201 g/mol. The van der Waals surface area contributed by atoms with Gasteiger partial charge in [-0.2, -0.15) is 0 Å². The Kier molecular flexibility index (Phi) is 3.10. The van der Waals surface area contributed by atoms with Crippen molar-refractivity contribution < 1.29 is 19.4 Å². The summed E-state index contributed by atoms with van der Waals surface area (Å²) >= 11 is 0. The average Bonchev–Trinajstić information content (AvgIpc) is 1.98. The lowest BCUT2D eigenvalue weighted by atomic mass is 9.66. The quantitative estimate of drug-likeness (QED) is 0.671. The Bertz CT molecular complexity index is 245. The molecule has 1 aliphatic carbocycles. The molecule has 0 bridgehead atoms. The van der Waals surface area contributed by atoms with Gasteiger partial charge in [0, 0.05) is 20.1 Å². The lowest BCUT2D eigenvalue weighted by molar-refractivity contribution is -0.162. The monoisotopic (exact) mass is 201 g/mol. The fourth-order valence-electron chi connectivity index (χ4n) is 1.90. The van der Waals surface area contributed by atoms with Crippen molar-refractivity contribution in [3.8, 4) is 0 Å². The Morgan fingerprint density at radius 1 is 1.57 bits per heavy atom. The lowest BCUT2D eigenvalue weighted by Gasteiger charge is -2.43. The minimum atomic E-state index is -0.846. The maximum absolute atomic E-state index is 10.9. The summed E-state index contributed by atoms with van der Waals surface area (Å²) < 4.78 is 4.87. The lowest BCUT2D eigenvalue weighted by Crippen LogP contribution is -2.56. The zero-order valence-electron chi connectivity index (χ0n) is 8.37. The summed E-state index contributed by atoms with van der Waals surface area (Å²) in [7, 11) is 1.48. The number of carbonyl (C=O) groups excluding carboxylic acids is 1. The fourth-order valence-corrected chi connectivity index (χ4v) is 1.90. The predicted molar refractivity (Wildman–Crippen MR) is 48.8 cm³/mol. The summed E-state index contributed by atoms with van der Waals surface area (Å²) in [4.78, 5) is 21.6. The molecule has 1 amide bonds. The molecular weight excluding hydrogens is 186 g/mol. The molecule has 0 aromatic rings. The standard InChI is InChI=1S/C9H15NO4/c1-6(11)10-7-3-9(4-7,5-14-2)8(12)13/h7H,3-5H2,1-2H3,(H,10,11)(H,12,13). The van der Waals surface area contributed by atoms with E-state index in [0.29, 0.717) is 12.8 Å². The van der Waals surface area contributed by atoms with E-state index in [0.717, 1.165) is 0 Å². The molecule has 0 heterocycles. The van der Waals surface area contributed by atoms with Crippen LogP contribution in [0.1, 0.15) is 19.8 Å². The summed E-state index contributed by atoms with van der Waals surface area (Å²) in [6, 6.07) is -0.0150. The Balaban J connectivity index is 2.47. The number of methoxy groups -OCH3 is 1. The van der Waals surface area contributed by atoms with E-state index in [9.17, 15) is 9.59 Å². The summed E-state index contributed by atoms with van der Waals surface area (Å²) in [5.74, 6) is -0.965. The second-order valence-corrected chi connectivity index (χ2v) is 3.82. The van der Waals surface area contributed by atoms with Gasteiger partial charge in [0.05, 0.1) is 12.0 Å². The van der Waals surface area contributed by atoms with Crippen molar-refractivity contribution in [2.24, 2.45) is 5.41 Å². The number of amides is 1. The molecule has 0 aliphatic heterocycles. The van der Waals surface area contributed by atoms with Crippen LogP contribution in [0.15, 0.2) is 0 Å². The first-order valence-electron chi connectivity index (χ1n) is 4.49. The van der Waals surface area contributed by atoms with Crippen molar-refractivity contribution in [3.05, 3.63) is 0 Å². The van der Waals surface area contributed by atoms with Crippen molar-refractivity contribution in [1.82, 2.24) is 5.32 Å². The third-order valence-electron chi connectivity index (χ3n) is 2.56. The SMILES string of the molecule is COCC1(C(=O)O)CC(NC(C)=O)C1. The minimum absolute atomic E-state index is 0.0150. The summed E-state index contributed by atoms with van der Waals surface area (Å²) in [6.45, 7) is 1.63. The van der Waals surface area contributed by atoms with E-state index in [1.807, 2.05) is 0 Å². The van der Waals surface area contributed by atoms with Crippen LogP contribution < -0.4 is 5.32 Å². The van der Waals surface area contributed by atoms with Gasteiger partial charge in [0.2, 0.25) is 5.91 Å². The molecular formula is C9H15NO4. The number of rotatable bonds is 4. The smallest absolute Gasteiger partial charge is 0.312 e. The molecule has 1 fully saturated rings. The van der Waals surface area contributed by atoms with E-state index in [1.165, 1.54) is 14.0 Å². The molecule has 1 aliphatic rings. The van der Waals surface area contributed by atoms with Gasteiger partial charge in [-0.25, -0.2) is 0 Å². The number of ether oxygens (including phenoxy) is 1. The van der Waals surface area contributed by atoms with Crippen LogP contribution in [-0.2, 0) is 14.3 Å². The van der Waals surface area contributed by atoms with Crippen LogP contribution in [0.5, 0.6) is 0 Å². The van der Waals surface area contributed by atoms with Gasteiger partial charge in [-0.05, 0) is 12.8 Å². The normalized spacial score (nSPS) is 30.6. The second kappa shape index (κ2) is 3.96. The predicted octanol–water partition coefficient (Wildman–Crippen LogP) is 0.00230. The van der Waals surface area contributed by atoms with Gasteiger partial charge in [0.15, 0.2) is 0 Å². The van der Waals surface area contributed by atoms with Crippen LogP contribution in [0.25, 0.3) is 0 Å². The fraction of sp³-hybridized carbons (Fsp3) is 0.778. The van der Waals surface area contributed by atoms with E-state index >= 15 is 0 Å². The highest BCUT2D eigenvalue weighted by molar-refractivity contribution is 5.78. The number of carboxylic acid groups (broad SMARTS) is 1. The van der Waals surface area contributed by atoms with Crippen LogP contribution in [0, 0.1) is 5.41 Å². The van der Waals surface area contributed by atoms with E-state index in [2.05, 4.69) is 5.32 Å². The van der Waals surface area contributed by atoms with Gasteiger partial charge >= 0.3 is 5.97 Å². The van der Waals surface area contributed by atoms with E-state index < -0.39 is 11.4 Å². The van der Waals surface area contributed by atoms with Crippen LogP contribution in [-0.4, -0.2) is 36.7 Å². The van der Waals surface area contributed by atoms with Gasteiger partial charge in [0.25, 0.3) is 0 Å². The summed E-state index contributed by atoms with van der Waals surface area (Å²) in [5, 5.41) is 11.7. The molecule has 14 heavy (non-hydrogen) atoms. The van der Waals surface area contributed by atoms with Crippen LogP contribution in [0.3, 0.4) is 0 Å². The van der Waals surface area contributed by atoms with Gasteiger partial charge < -0.3 is 15.2 Å². The molecule has 0 atom stereocenters. The molecule has 0 radical (unpaired) electrons. The molecule has 0 aromatic carbocycles. The maximum atomic E-state index is 10.9. The first-order chi connectivity index (χ1) is 6.50. The largest absolute Gasteiger partial charge is 0.481 e. The van der Waals surface area contributed by atoms with Crippen LogP contribution >= 0.6 is 0 Å². The van der Waals surface area contributed by atoms with Crippen LogP contribution in [0.4, 0.5) is 0 Å². The highest BCUT2D eigenvalue weighted by atomic mass is 16.5. The van der Waals surface area contributed by atoms with Gasteiger partial charge in [-0.1, -0.05) is 0 Å². The van der Waals surface area contributed by atoms with Crippen molar-refractivity contribution >= 4 is 11.9 Å². The number of carbonyl (C=O) groups is 2. The molecule has 0 unspecified atom stereocenters. The van der Waals surface area contributed by atoms with Crippen molar-refractivity contribution in [2.75, 3.05) is 13.7 Å². The third-order valence-corrected chi connectivity index (χ3v) is 2.56. The highest BCUT2D eigenvalue weighted by Crippen LogP contribution is 2.41. The van der Waals surface area contributed by atoms with E-state index in [4.69, 9.17) is 9.84 Å². The Hall–Kier alpha value is -1.10. The van der Waals surface area contributed by atoms with Crippen molar-refractivity contribution in [1.29, 1.82) is 0 Å². The molecule has 0 spiro atoms. The van der Waals surface area contributed by atoms with Crippen molar-refractivity contribution in [3.63, 3.8) is 0 Å². The molecule has 2 N–H and O–H groups in total. The van der Waals surface area contributed by atoms with Gasteiger partial charge in [0.1, 0.15) is 0 Å². The molecule has 5 heteroatoms. The number of hydrogen-bond donors (Lipinski definition) is 2. The van der Waals surface area contributed by atoms with Gasteiger partial charge in [-0.3, -0.25) is 9.59 Å². The minimum Gasteiger partial charge on any atom is -0.481 e. The molecule has 0 aromatic heterocycles. The Morgan fingerprint density at radius 3 is 2.50 bits per heavy atom. The summed E-state index contributed by atoms with van der Waals surface area (Å²) in [5.41, 5.74) is -0.790. The maximum Gasteiger partial charge on any atom is 0.312 e. The second-order valence-electron chi connectivity index (χ2n) is 3.82. The summed E-state index contributed by atoms with van der Waals surface area (Å²) in [6.07, 6.45) is 0.908. The molecule has 1 rings (SSSR count). The molecule has 80 valence electrons. The number of hydrogen-bond acceptors (Lipinski definition) is 3. The van der Waals surface area contributed by atoms with E-state index in [1.54, 1.807) is 0 Å². The topological polar surface area (TPSA) is 75.6 Å². The Morgan fingerprint density at radius 2 is 2.14 bits per heavy atom. The van der Waals surface area contributed by atoms with E-state index in [-0.39, 0.29) is 18.6 Å². The number of aliphatic carboxylic acids is 1. The zero-order chi connectivity index (χ0) is 10.8.